The molecule has 1 unspecified atom stereocenters. The molecule has 2 aliphatic rings. The first kappa shape index (κ1) is 16.7. The van der Waals surface area contributed by atoms with Crippen molar-refractivity contribution in [3.05, 3.63) is 35.5 Å². The molecule has 1 heterocycles. The number of methoxy groups -OCH3 is 1. The molecule has 0 aromatic rings. The van der Waals surface area contributed by atoms with Crippen molar-refractivity contribution < 1.29 is 9.16 Å². The van der Waals surface area contributed by atoms with Crippen molar-refractivity contribution in [3.63, 3.8) is 0 Å². The minimum atomic E-state index is -1.57. The molecule has 1 aliphatic heterocycles. The van der Waals surface area contributed by atoms with Gasteiger partial charge in [-0.3, -0.25) is 0 Å². The molecule has 117 valence electrons. The number of ether oxygens (including phenoxy) is 1. The Kier molecular flexibility index (Phi) is 4.96. The molecule has 1 fully saturated rings. The molecule has 2 rings (SSSR count). The van der Waals surface area contributed by atoms with E-state index in [1.165, 1.54) is 11.1 Å². The molecule has 2 atom stereocenters. The van der Waals surface area contributed by atoms with Crippen molar-refractivity contribution in [2.45, 2.75) is 65.0 Å². The fourth-order valence-electron chi connectivity index (χ4n) is 2.98. The quantitative estimate of drug-likeness (QED) is 0.518. The lowest BCUT2D eigenvalue weighted by Gasteiger charge is -2.20. The summed E-state index contributed by atoms with van der Waals surface area (Å²) < 4.78 is 11.9. The zero-order valence-corrected chi connectivity index (χ0v) is 15.3. The van der Waals surface area contributed by atoms with Crippen molar-refractivity contribution in [1.82, 2.24) is 0 Å². The second-order valence-corrected chi connectivity index (χ2v) is 11.8. The summed E-state index contributed by atoms with van der Waals surface area (Å²) in [6.07, 6.45) is 12.5. The standard InChI is InChI=1S/C18H29O2Si/c1-14-7-9-18(2,3)10-8-16(19-4)12-15-13-21(5,6)20-17(15)11-14/h7-8,10,16-17H,9,11,13H2,1-6H3/b10-8+,14-7-,15-12?/t16-,17?/m1/s1. The lowest BCUT2D eigenvalue weighted by molar-refractivity contribution is 0.168. The number of hydrogen-bond acceptors (Lipinski definition) is 2. The molecule has 0 bridgehead atoms. The molecular weight excluding hydrogens is 276 g/mol. The average molecular weight is 306 g/mol. The van der Waals surface area contributed by atoms with Crippen LogP contribution >= 0.6 is 0 Å². The van der Waals surface area contributed by atoms with E-state index in [0.29, 0.717) is 0 Å². The van der Waals surface area contributed by atoms with Crippen LogP contribution < -0.4 is 0 Å². The van der Waals surface area contributed by atoms with Gasteiger partial charge in [-0.25, -0.2) is 0 Å². The number of allylic oxidation sites excluding steroid dienone is 2. The molecule has 0 saturated carbocycles. The number of fused-ring (bicyclic) bond motifs is 1. The van der Waals surface area contributed by atoms with Gasteiger partial charge in [0, 0.05) is 7.11 Å². The Labute approximate surface area is 131 Å². The van der Waals surface area contributed by atoms with E-state index in [4.69, 9.17) is 9.16 Å². The van der Waals surface area contributed by atoms with Gasteiger partial charge >= 0.3 is 0 Å². The van der Waals surface area contributed by atoms with E-state index in [0.717, 1.165) is 18.9 Å². The molecule has 0 amide bonds. The minimum Gasteiger partial charge on any atom is -0.410 e. The number of rotatable bonds is 1. The van der Waals surface area contributed by atoms with Crippen molar-refractivity contribution >= 4 is 8.32 Å². The highest BCUT2D eigenvalue weighted by Gasteiger charge is 2.38. The maximum atomic E-state index is 6.36. The summed E-state index contributed by atoms with van der Waals surface area (Å²) in [6.45, 7) is 11.3. The van der Waals surface area contributed by atoms with Gasteiger partial charge in [-0.1, -0.05) is 37.6 Å². The lowest BCUT2D eigenvalue weighted by atomic mass is 9.87. The van der Waals surface area contributed by atoms with Crippen LogP contribution in [0.2, 0.25) is 19.1 Å². The van der Waals surface area contributed by atoms with E-state index >= 15 is 0 Å². The summed E-state index contributed by atoms with van der Waals surface area (Å²) in [5.74, 6) is 0. The van der Waals surface area contributed by atoms with Gasteiger partial charge in [0.15, 0.2) is 8.32 Å². The predicted molar refractivity (Wildman–Crippen MR) is 90.6 cm³/mol. The molecule has 21 heavy (non-hydrogen) atoms. The minimum absolute atomic E-state index is 0.0633. The van der Waals surface area contributed by atoms with Crippen LogP contribution in [0.5, 0.6) is 0 Å². The van der Waals surface area contributed by atoms with Gasteiger partial charge in [-0.05, 0) is 56.0 Å². The largest absolute Gasteiger partial charge is 0.410 e. The smallest absolute Gasteiger partial charge is 0.191 e. The van der Waals surface area contributed by atoms with Gasteiger partial charge in [0.2, 0.25) is 0 Å². The first-order valence-electron chi connectivity index (χ1n) is 7.89. The highest BCUT2D eigenvalue weighted by Crippen LogP contribution is 2.36. The molecule has 1 radical (unpaired) electrons. The van der Waals surface area contributed by atoms with Crippen molar-refractivity contribution in [2.24, 2.45) is 5.41 Å². The van der Waals surface area contributed by atoms with Crippen LogP contribution in [0.3, 0.4) is 0 Å². The van der Waals surface area contributed by atoms with Gasteiger partial charge < -0.3 is 9.16 Å². The zero-order chi connectivity index (χ0) is 15.7. The first-order valence-corrected chi connectivity index (χ1v) is 11.0. The third-order valence-electron chi connectivity index (χ3n) is 4.25. The summed E-state index contributed by atoms with van der Waals surface area (Å²) in [5, 5.41) is 0. The van der Waals surface area contributed by atoms with E-state index in [1.807, 2.05) is 0 Å². The van der Waals surface area contributed by atoms with Gasteiger partial charge in [0.1, 0.15) is 6.10 Å². The molecule has 0 spiro atoms. The van der Waals surface area contributed by atoms with Crippen LogP contribution in [0.4, 0.5) is 0 Å². The molecular formula is C18H29O2Si. The molecule has 3 heteroatoms. The van der Waals surface area contributed by atoms with E-state index in [-0.39, 0.29) is 17.6 Å². The van der Waals surface area contributed by atoms with Crippen LogP contribution in [0.1, 0.15) is 33.6 Å². The molecule has 0 N–H and O–H groups in total. The van der Waals surface area contributed by atoms with Crippen LogP contribution in [0.15, 0.2) is 29.4 Å². The van der Waals surface area contributed by atoms with Crippen molar-refractivity contribution in [2.75, 3.05) is 7.11 Å². The summed E-state index contributed by atoms with van der Waals surface area (Å²) in [5.41, 5.74) is 2.89. The van der Waals surface area contributed by atoms with Crippen molar-refractivity contribution in [1.29, 1.82) is 0 Å². The molecule has 0 aromatic carbocycles. The molecule has 1 saturated heterocycles. The van der Waals surface area contributed by atoms with Crippen molar-refractivity contribution in [3.8, 4) is 0 Å². The Morgan fingerprint density at radius 1 is 1.38 bits per heavy atom. The van der Waals surface area contributed by atoms with Crippen LogP contribution in [0.25, 0.3) is 0 Å². The third kappa shape index (κ3) is 4.66. The van der Waals surface area contributed by atoms with E-state index in [2.05, 4.69) is 58.2 Å². The van der Waals surface area contributed by atoms with Gasteiger partial charge in [0.25, 0.3) is 0 Å². The maximum Gasteiger partial charge on any atom is 0.191 e. The summed E-state index contributed by atoms with van der Waals surface area (Å²) in [7, 11) is 0.191. The maximum absolute atomic E-state index is 6.36. The third-order valence-corrected chi connectivity index (χ3v) is 6.41. The Morgan fingerprint density at radius 2 is 2.10 bits per heavy atom. The normalized spacial score (nSPS) is 35.9. The second kappa shape index (κ2) is 6.23. The highest BCUT2D eigenvalue weighted by molar-refractivity contribution is 6.72. The Morgan fingerprint density at radius 3 is 2.76 bits per heavy atom. The molecule has 0 aromatic heterocycles. The fraction of sp³-hybridized carbons (Fsp3) is 0.667. The van der Waals surface area contributed by atoms with E-state index < -0.39 is 8.32 Å². The van der Waals surface area contributed by atoms with E-state index in [1.54, 1.807) is 7.11 Å². The van der Waals surface area contributed by atoms with Crippen LogP contribution in [-0.4, -0.2) is 27.6 Å². The topological polar surface area (TPSA) is 18.5 Å². The average Bonchev–Trinajstić information content (AvgIpc) is 2.65. The van der Waals surface area contributed by atoms with Gasteiger partial charge in [0.05, 0.1) is 6.10 Å². The summed E-state index contributed by atoms with van der Waals surface area (Å²) in [4.78, 5) is 0. The zero-order valence-electron chi connectivity index (χ0n) is 14.3. The SMILES string of the molecule is CO[C@H]1[C]=C2C[Si](C)(C)OC2C/C(C)=C\CC(C)(C)/C=C/1. The Balaban J connectivity index is 2.35. The monoisotopic (exact) mass is 305 g/mol. The second-order valence-electron chi connectivity index (χ2n) is 7.68. The van der Waals surface area contributed by atoms with Gasteiger partial charge in [-0.2, -0.15) is 0 Å². The first-order chi connectivity index (χ1) is 9.71. The van der Waals surface area contributed by atoms with Crippen LogP contribution in [-0.2, 0) is 9.16 Å². The van der Waals surface area contributed by atoms with E-state index in [9.17, 15) is 0 Å². The van der Waals surface area contributed by atoms with Crippen LogP contribution in [0, 0.1) is 11.5 Å². The molecule has 1 aliphatic carbocycles. The summed E-state index contributed by atoms with van der Waals surface area (Å²) in [6, 6.07) is 1.07. The Bertz CT molecular complexity index is 472. The van der Waals surface area contributed by atoms with Gasteiger partial charge in [-0.15, -0.1) is 0 Å². The predicted octanol–water partition coefficient (Wildman–Crippen LogP) is 4.66. The lowest BCUT2D eigenvalue weighted by Crippen LogP contribution is -2.25. The highest BCUT2D eigenvalue weighted by atomic mass is 28.4. The molecule has 2 nitrogen and oxygen atoms in total. The Hall–Kier alpha value is -0.643. The number of hydrogen-bond donors (Lipinski definition) is 0. The fourth-order valence-corrected chi connectivity index (χ4v) is 5.30. The summed E-state index contributed by atoms with van der Waals surface area (Å²) >= 11 is 0.